The van der Waals surface area contributed by atoms with Gasteiger partial charge in [0.1, 0.15) is 6.10 Å². The molecule has 24 heavy (non-hydrogen) atoms. The fourth-order valence-electron chi connectivity index (χ4n) is 5.13. The molecular weight excluding hydrogens is 304 g/mol. The second kappa shape index (κ2) is 5.92. The Kier molecular flexibility index (Phi) is 4.33. The van der Waals surface area contributed by atoms with E-state index in [0.717, 1.165) is 6.42 Å². The summed E-state index contributed by atoms with van der Waals surface area (Å²) in [6, 6.07) is 0.0316. The van der Waals surface area contributed by atoms with Crippen LogP contribution in [0.3, 0.4) is 0 Å². The van der Waals surface area contributed by atoms with Gasteiger partial charge in [0.2, 0.25) is 0 Å². The zero-order chi connectivity index (χ0) is 17.7. The minimum atomic E-state index is -0.0537. The van der Waals surface area contributed by atoms with Gasteiger partial charge < -0.3 is 14.5 Å². The third-order valence-electron chi connectivity index (χ3n) is 7.45. The van der Waals surface area contributed by atoms with Crippen LogP contribution in [-0.4, -0.2) is 55.1 Å². The van der Waals surface area contributed by atoms with Gasteiger partial charge in [-0.25, -0.2) is 4.79 Å². The van der Waals surface area contributed by atoms with Crippen molar-refractivity contribution in [1.82, 2.24) is 9.80 Å². The number of carbonyl (C=O) groups is 2. The van der Waals surface area contributed by atoms with Crippen LogP contribution in [0.4, 0.5) is 4.79 Å². The first-order valence-corrected chi connectivity index (χ1v) is 9.33. The number of likely N-dealkylation sites (tertiary alicyclic amines) is 1. The standard InChI is InChI=1S/C19H32N2O3/c1-18(2)14-6-9-19(18,3)15(12-14)24-16(22)13-7-10-21(11-8-13)17(23)20(4)5/h13-15H,6-12H2,1-5H3/t14-,15+,19-/m1/s1. The Morgan fingerprint density at radius 1 is 1.08 bits per heavy atom. The number of urea groups is 1. The summed E-state index contributed by atoms with van der Waals surface area (Å²) in [4.78, 5) is 28.1. The molecule has 2 saturated carbocycles. The Hall–Kier alpha value is -1.26. The molecule has 2 amide bonds. The van der Waals surface area contributed by atoms with Gasteiger partial charge in [0, 0.05) is 32.6 Å². The van der Waals surface area contributed by atoms with Crippen molar-refractivity contribution in [3.05, 3.63) is 0 Å². The highest BCUT2D eigenvalue weighted by atomic mass is 16.5. The molecule has 0 N–H and O–H groups in total. The van der Waals surface area contributed by atoms with Crippen LogP contribution in [0.5, 0.6) is 0 Å². The maximum atomic E-state index is 12.7. The molecule has 0 unspecified atom stereocenters. The maximum absolute atomic E-state index is 12.7. The average molecular weight is 336 g/mol. The zero-order valence-electron chi connectivity index (χ0n) is 15.8. The number of amides is 2. The van der Waals surface area contributed by atoms with Crippen LogP contribution in [-0.2, 0) is 9.53 Å². The van der Waals surface area contributed by atoms with E-state index in [0.29, 0.717) is 31.8 Å². The lowest BCUT2D eigenvalue weighted by atomic mass is 9.70. The number of piperidine rings is 1. The van der Waals surface area contributed by atoms with Gasteiger partial charge in [-0.2, -0.15) is 0 Å². The summed E-state index contributed by atoms with van der Waals surface area (Å²) in [5, 5.41) is 0. The monoisotopic (exact) mass is 336 g/mol. The third-order valence-corrected chi connectivity index (χ3v) is 7.45. The van der Waals surface area contributed by atoms with Gasteiger partial charge in [0.15, 0.2) is 0 Å². The molecule has 5 heteroatoms. The lowest BCUT2D eigenvalue weighted by Crippen LogP contribution is -2.46. The van der Waals surface area contributed by atoms with Crippen molar-refractivity contribution >= 4 is 12.0 Å². The second-order valence-corrected chi connectivity index (χ2v) is 8.97. The first-order chi connectivity index (χ1) is 11.2. The van der Waals surface area contributed by atoms with Crippen molar-refractivity contribution < 1.29 is 14.3 Å². The highest BCUT2D eigenvalue weighted by Gasteiger charge is 2.63. The van der Waals surface area contributed by atoms with Gasteiger partial charge in [0.05, 0.1) is 5.92 Å². The van der Waals surface area contributed by atoms with E-state index >= 15 is 0 Å². The van der Waals surface area contributed by atoms with Crippen molar-refractivity contribution in [2.45, 2.75) is 59.0 Å². The molecule has 0 spiro atoms. The van der Waals surface area contributed by atoms with Crippen molar-refractivity contribution in [2.24, 2.45) is 22.7 Å². The third kappa shape index (κ3) is 2.60. The number of fused-ring (bicyclic) bond motifs is 2. The number of carbonyl (C=O) groups excluding carboxylic acids is 2. The van der Waals surface area contributed by atoms with Crippen molar-refractivity contribution in [3.63, 3.8) is 0 Å². The molecule has 0 aromatic carbocycles. The molecular formula is C19H32N2O3. The summed E-state index contributed by atoms with van der Waals surface area (Å²) in [7, 11) is 3.53. The molecule has 0 aromatic heterocycles. The van der Waals surface area contributed by atoms with Gasteiger partial charge in [-0.15, -0.1) is 0 Å². The number of hydrogen-bond donors (Lipinski definition) is 0. The van der Waals surface area contributed by atoms with E-state index in [1.165, 1.54) is 12.8 Å². The average Bonchev–Trinajstić information content (AvgIpc) is 2.87. The van der Waals surface area contributed by atoms with Crippen molar-refractivity contribution in [1.29, 1.82) is 0 Å². The Morgan fingerprint density at radius 2 is 1.71 bits per heavy atom. The maximum Gasteiger partial charge on any atom is 0.319 e. The van der Waals surface area contributed by atoms with Crippen LogP contribution in [0, 0.1) is 22.7 Å². The predicted octanol–water partition coefficient (Wildman–Crippen LogP) is 3.14. The number of hydrogen-bond acceptors (Lipinski definition) is 3. The van der Waals surface area contributed by atoms with E-state index in [1.807, 2.05) is 4.90 Å². The van der Waals surface area contributed by atoms with Gasteiger partial charge in [-0.1, -0.05) is 20.8 Å². The Labute approximate surface area is 145 Å². The molecule has 136 valence electrons. The predicted molar refractivity (Wildman–Crippen MR) is 92.5 cm³/mol. The molecule has 1 aliphatic heterocycles. The summed E-state index contributed by atoms with van der Waals surface area (Å²) in [5.41, 5.74) is 0.383. The number of esters is 1. The van der Waals surface area contributed by atoms with Crippen LogP contribution < -0.4 is 0 Å². The van der Waals surface area contributed by atoms with Crippen LogP contribution in [0.25, 0.3) is 0 Å². The van der Waals surface area contributed by atoms with Gasteiger partial charge in [-0.3, -0.25) is 4.79 Å². The summed E-state index contributed by atoms with van der Waals surface area (Å²) >= 11 is 0. The zero-order valence-corrected chi connectivity index (χ0v) is 15.8. The minimum absolute atomic E-state index is 0.0316. The molecule has 2 aliphatic carbocycles. The van der Waals surface area contributed by atoms with E-state index < -0.39 is 0 Å². The quantitative estimate of drug-likeness (QED) is 0.728. The Balaban J connectivity index is 1.55. The molecule has 0 radical (unpaired) electrons. The molecule has 5 nitrogen and oxygen atoms in total. The summed E-state index contributed by atoms with van der Waals surface area (Å²) < 4.78 is 6.01. The van der Waals surface area contributed by atoms with Crippen LogP contribution in [0.15, 0.2) is 0 Å². The van der Waals surface area contributed by atoms with E-state index in [4.69, 9.17) is 4.74 Å². The van der Waals surface area contributed by atoms with E-state index in [9.17, 15) is 9.59 Å². The lowest BCUT2D eigenvalue weighted by molar-refractivity contribution is -0.163. The van der Waals surface area contributed by atoms with Gasteiger partial charge in [0.25, 0.3) is 0 Å². The molecule has 3 aliphatic rings. The van der Waals surface area contributed by atoms with Crippen LogP contribution >= 0.6 is 0 Å². The van der Waals surface area contributed by atoms with E-state index in [2.05, 4.69) is 20.8 Å². The number of rotatable bonds is 2. The Bertz CT molecular complexity index is 523. The largest absolute Gasteiger partial charge is 0.462 e. The van der Waals surface area contributed by atoms with Gasteiger partial charge >= 0.3 is 12.0 Å². The van der Waals surface area contributed by atoms with E-state index in [1.54, 1.807) is 19.0 Å². The molecule has 3 rings (SSSR count). The fourth-order valence-corrected chi connectivity index (χ4v) is 5.13. The first-order valence-electron chi connectivity index (χ1n) is 9.33. The van der Waals surface area contributed by atoms with Crippen molar-refractivity contribution in [3.8, 4) is 0 Å². The Morgan fingerprint density at radius 3 is 2.17 bits per heavy atom. The minimum Gasteiger partial charge on any atom is -0.462 e. The van der Waals surface area contributed by atoms with Crippen molar-refractivity contribution in [2.75, 3.05) is 27.2 Å². The second-order valence-electron chi connectivity index (χ2n) is 8.97. The lowest BCUT2D eigenvalue weighted by Gasteiger charge is -2.39. The molecule has 3 fully saturated rings. The molecule has 3 atom stereocenters. The normalized spacial score (nSPS) is 35.1. The summed E-state index contributed by atoms with van der Waals surface area (Å²) in [6.07, 6.45) is 4.96. The molecule has 0 aromatic rings. The molecule has 2 bridgehead atoms. The molecule has 1 saturated heterocycles. The van der Waals surface area contributed by atoms with Crippen LogP contribution in [0.1, 0.15) is 52.9 Å². The fraction of sp³-hybridized carbons (Fsp3) is 0.895. The topological polar surface area (TPSA) is 49.9 Å². The summed E-state index contributed by atoms with van der Waals surface area (Å²) in [6.45, 7) is 8.27. The highest BCUT2D eigenvalue weighted by Crippen LogP contribution is 2.66. The van der Waals surface area contributed by atoms with Gasteiger partial charge in [-0.05, 0) is 43.4 Å². The summed E-state index contributed by atoms with van der Waals surface area (Å²) in [5.74, 6) is 0.587. The van der Waals surface area contributed by atoms with E-state index in [-0.39, 0.29) is 34.9 Å². The van der Waals surface area contributed by atoms with Crippen LogP contribution in [0.2, 0.25) is 0 Å². The number of nitrogens with zero attached hydrogens (tertiary/aromatic N) is 2. The number of ether oxygens (including phenoxy) is 1. The first kappa shape index (κ1) is 17.6. The SMILES string of the molecule is CN(C)C(=O)N1CCC(C(=O)O[C@H]2C[C@H]3CC[C@@]2(C)C3(C)C)CC1. The molecule has 1 heterocycles. The highest BCUT2D eigenvalue weighted by molar-refractivity contribution is 5.76. The smallest absolute Gasteiger partial charge is 0.319 e.